The predicted molar refractivity (Wildman–Crippen MR) is 39.3 cm³/mol. The molecule has 0 saturated carbocycles. The van der Waals surface area contributed by atoms with Crippen molar-refractivity contribution < 1.29 is 4.74 Å². The zero-order valence-corrected chi connectivity index (χ0v) is 6.61. The van der Waals surface area contributed by atoms with Crippen molar-refractivity contribution >= 4 is 0 Å². The molecule has 0 spiro atoms. The van der Waals surface area contributed by atoms with Crippen LogP contribution >= 0.6 is 0 Å². The fourth-order valence-corrected chi connectivity index (χ4v) is 0.568. The molecule has 0 aromatic heterocycles. The van der Waals surface area contributed by atoms with Gasteiger partial charge in [0.2, 0.25) is 0 Å². The molecule has 1 fully saturated rings. The maximum atomic E-state index is 5.39. The van der Waals surface area contributed by atoms with E-state index in [4.69, 9.17) is 10.5 Å². The molecule has 2 nitrogen and oxygen atoms in total. The second-order valence-corrected chi connectivity index (χ2v) is 2.51. The summed E-state index contributed by atoms with van der Waals surface area (Å²) in [7, 11) is 0. The summed E-state index contributed by atoms with van der Waals surface area (Å²) in [5.41, 5.74) is 5.71. The zero-order valence-electron chi connectivity index (χ0n) is 6.61. The fraction of sp³-hybridized carbons (Fsp3) is 1.00. The van der Waals surface area contributed by atoms with Crippen LogP contribution in [-0.4, -0.2) is 19.8 Å². The van der Waals surface area contributed by atoms with Gasteiger partial charge in [-0.3, -0.25) is 0 Å². The van der Waals surface area contributed by atoms with Gasteiger partial charge >= 0.3 is 0 Å². The van der Waals surface area contributed by atoms with Gasteiger partial charge in [-0.25, -0.2) is 0 Å². The Morgan fingerprint density at radius 2 is 1.89 bits per heavy atom. The highest BCUT2D eigenvalue weighted by Gasteiger charge is 2.31. The van der Waals surface area contributed by atoms with Crippen LogP contribution in [-0.2, 0) is 4.74 Å². The van der Waals surface area contributed by atoms with E-state index in [-0.39, 0.29) is 0 Å². The third kappa shape index (κ3) is 2.33. The van der Waals surface area contributed by atoms with Crippen molar-refractivity contribution in [3.63, 3.8) is 0 Å². The van der Waals surface area contributed by atoms with E-state index < -0.39 is 0 Å². The molecule has 1 saturated heterocycles. The Morgan fingerprint density at radius 1 is 1.44 bits per heavy atom. The highest BCUT2D eigenvalue weighted by atomic mass is 16.5. The van der Waals surface area contributed by atoms with E-state index in [1.54, 1.807) is 0 Å². The topological polar surface area (TPSA) is 35.2 Å². The molecule has 9 heavy (non-hydrogen) atoms. The normalized spacial score (nSPS) is 21.3. The van der Waals surface area contributed by atoms with Gasteiger partial charge in [0.05, 0.1) is 13.2 Å². The monoisotopic (exact) mass is 131 g/mol. The minimum Gasteiger partial charge on any atom is -0.380 e. The quantitative estimate of drug-likeness (QED) is 0.576. The summed E-state index contributed by atoms with van der Waals surface area (Å²) < 4.78 is 4.95. The second kappa shape index (κ2) is 3.85. The van der Waals surface area contributed by atoms with Crippen LogP contribution in [0.2, 0.25) is 0 Å². The average molecular weight is 131 g/mol. The SMILES string of the molecule is CC.CC1(CN)COC1. The Balaban J connectivity index is 0.000000291. The molecule has 1 aliphatic rings. The molecule has 2 N–H and O–H groups in total. The van der Waals surface area contributed by atoms with Crippen LogP contribution in [0, 0.1) is 5.41 Å². The number of nitrogens with two attached hydrogens (primary N) is 1. The van der Waals surface area contributed by atoms with Crippen molar-refractivity contribution in [3.05, 3.63) is 0 Å². The van der Waals surface area contributed by atoms with Crippen LogP contribution < -0.4 is 5.73 Å². The number of hydrogen-bond donors (Lipinski definition) is 1. The first kappa shape index (κ1) is 8.92. The third-order valence-corrected chi connectivity index (χ3v) is 1.39. The maximum Gasteiger partial charge on any atom is 0.0554 e. The van der Waals surface area contributed by atoms with E-state index in [9.17, 15) is 0 Å². The van der Waals surface area contributed by atoms with E-state index in [1.165, 1.54) is 0 Å². The van der Waals surface area contributed by atoms with Gasteiger partial charge in [0, 0.05) is 12.0 Å². The molecule has 0 unspecified atom stereocenters. The largest absolute Gasteiger partial charge is 0.380 e. The van der Waals surface area contributed by atoms with Crippen LogP contribution in [0.4, 0.5) is 0 Å². The Kier molecular flexibility index (Phi) is 3.82. The molecule has 0 aromatic carbocycles. The van der Waals surface area contributed by atoms with Gasteiger partial charge in [0.15, 0.2) is 0 Å². The summed E-state index contributed by atoms with van der Waals surface area (Å²) in [5, 5.41) is 0. The van der Waals surface area contributed by atoms with Crippen molar-refractivity contribution in [2.45, 2.75) is 20.8 Å². The lowest BCUT2D eigenvalue weighted by molar-refractivity contribution is -0.0947. The summed E-state index contributed by atoms with van der Waals surface area (Å²) >= 11 is 0. The van der Waals surface area contributed by atoms with Gasteiger partial charge in [0.1, 0.15) is 0 Å². The minimum absolute atomic E-state index is 0.319. The molecule has 0 aromatic rings. The Labute approximate surface area is 57.4 Å². The van der Waals surface area contributed by atoms with Gasteiger partial charge in [-0.1, -0.05) is 20.8 Å². The maximum absolute atomic E-state index is 5.39. The number of ether oxygens (including phenoxy) is 1. The molecule has 1 aliphatic heterocycles. The van der Waals surface area contributed by atoms with E-state index in [2.05, 4.69) is 6.92 Å². The smallest absolute Gasteiger partial charge is 0.0554 e. The summed E-state index contributed by atoms with van der Waals surface area (Å²) in [6.07, 6.45) is 0. The molecule has 0 radical (unpaired) electrons. The summed E-state index contributed by atoms with van der Waals surface area (Å²) in [5.74, 6) is 0. The molecule has 1 rings (SSSR count). The highest BCUT2D eigenvalue weighted by Crippen LogP contribution is 2.23. The zero-order chi connectivity index (χ0) is 7.33. The van der Waals surface area contributed by atoms with Crippen LogP contribution in [0.25, 0.3) is 0 Å². The minimum atomic E-state index is 0.319. The van der Waals surface area contributed by atoms with Crippen LogP contribution in [0.15, 0.2) is 0 Å². The first-order chi connectivity index (χ1) is 4.27. The van der Waals surface area contributed by atoms with Gasteiger partial charge in [0.25, 0.3) is 0 Å². The molecule has 2 heteroatoms. The van der Waals surface area contributed by atoms with E-state index in [1.807, 2.05) is 13.8 Å². The van der Waals surface area contributed by atoms with Gasteiger partial charge in [-0.2, -0.15) is 0 Å². The lowest BCUT2D eigenvalue weighted by atomic mass is 9.89. The number of rotatable bonds is 1. The third-order valence-electron chi connectivity index (χ3n) is 1.39. The van der Waals surface area contributed by atoms with Gasteiger partial charge < -0.3 is 10.5 Å². The predicted octanol–water partition coefficient (Wildman–Crippen LogP) is 1.01. The highest BCUT2D eigenvalue weighted by molar-refractivity contribution is 4.80. The molecular formula is C7H17NO. The van der Waals surface area contributed by atoms with E-state index in [0.717, 1.165) is 19.8 Å². The first-order valence-electron chi connectivity index (χ1n) is 3.55. The lowest BCUT2D eigenvalue weighted by Crippen LogP contribution is -2.45. The van der Waals surface area contributed by atoms with Crippen LogP contribution in [0.5, 0.6) is 0 Å². The Morgan fingerprint density at radius 3 is 1.89 bits per heavy atom. The fourth-order valence-electron chi connectivity index (χ4n) is 0.568. The average Bonchev–Trinajstić information content (AvgIpc) is 1.88. The standard InChI is InChI=1S/C5H11NO.C2H6/c1-5(2-6)3-7-4-5;1-2/h2-4,6H2,1H3;1-2H3. The summed E-state index contributed by atoms with van der Waals surface area (Å²) in [6, 6.07) is 0. The van der Waals surface area contributed by atoms with Crippen molar-refractivity contribution in [1.29, 1.82) is 0 Å². The molecular weight excluding hydrogens is 114 g/mol. The Bertz CT molecular complexity index is 63.8. The van der Waals surface area contributed by atoms with Crippen molar-refractivity contribution in [2.75, 3.05) is 19.8 Å². The van der Waals surface area contributed by atoms with Crippen LogP contribution in [0.3, 0.4) is 0 Å². The van der Waals surface area contributed by atoms with Crippen molar-refractivity contribution in [3.8, 4) is 0 Å². The molecule has 0 amide bonds. The summed E-state index contributed by atoms with van der Waals surface area (Å²) in [4.78, 5) is 0. The van der Waals surface area contributed by atoms with E-state index in [0.29, 0.717) is 5.41 Å². The Hall–Kier alpha value is -0.0800. The molecule has 1 heterocycles. The molecule has 56 valence electrons. The second-order valence-electron chi connectivity index (χ2n) is 2.51. The number of hydrogen-bond acceptors (Lipinski definition) is 2. The molecule has 0 aliphatic carbocycles. The molecule has 0 atom stereocenters. The first-order valence-corrected chi connectivity index (χ1v) is 3.55. The van der Waals surface area contributed by atoms with Crippen molar-refractivity contribution in [1.82, 2.24) is 0 Å². The summed E-state index contributed by atoms with van der Waals surface area (Å²) in [6.45, 7) is 8.59. The van der Waals surface area contributed by atoms with Crippen LogP contribution in [0.1, 0.15) is 20.8 Å². The van der Waals surface area contributed by atoms with E-state index >= 15 is 0 Å². The molecule has 0 bridgehead atoms. The van der Waals surface area contributed by atoms with Gasteiger partial charge in [-0.15, -0.1) is 0 Å². The van der Waals surface area contributed by atoms with Crippen molar-refractivity contribution in [2.24, 2.45) is 11.1 Å². The lowest BCUT2D eigenvalue weighted by Gasteiger charge is -2.36. The van der Waals surface area contributed by atoms with Gasteiger partial charge in [-0.05, 0) is 0 Å².